The molecule has 23 nitrogen and oxygen atoms in total. The fourth-order valence-electron chi connectivity index (χ4n) is 12.2. The van der Waals surface area contributed by atoms with Crippen LogP contribution in [0.3, 0.4) is 0 Å². The highest BCUT2D eigenvalue weighted by molar-refractivity contribution is 7.52. The summed E-state index contributed by atoms with van der Waals surface area (Å²) in [4.78, 5) is 163. The van der Waals surface area contributed by atoms with Crippen LogP contribution in [-0.4, -0.2) is 150 Å². The number of benzene rings is 4. The van der Waals surface area contributed by atoms with Crippen LogP contribution in [0, 0.1) is 17.8 Å². The number of fused-ring (bicyclic) bond motifs is 3. The molecule has 5 aliphatic rings. The summed E-state index contributed by atoms with van der Waals surface area (Å²) in [5, 5.41) is 10.7. The van der Waals surface area contributed by atoms with Crippen molar-refractivity contribution in [2.75, 3.05) is 26.2 Å². The average Bonchev–Trinajstić information content (AvgIpc) is 2.10. The number of hydrogen-bond donors (Lipinski definition) is 8. The van der Waals surface area contributed by atoms with Gasteiger partial charge in [-0.2, -0.15) is 8.78 Å². The molecule has 88 heavy (non-hydrogen) atoms. The maximum Gasteiger partial charge on any atom is 0.399 e. The molecule has 460 valence electrons. The number of nitrogens with two attached hydrogens (primary N) is 1. The molecule has 5 aromatic rings. The predicted molar refractivity (Wildman–Crippen MR) is 311 cm³/mol. The molecule has 5 atom stereocenters. The van der Waals surface area contributed by atoms with E-state index < -0.39 is 103 Å². The Morgan fingerprint density at radius 2 is 1.44 bits per heavy atom. The van der Waals surface area contributed by atoms with Gasteiger partial charge in [0.05, 0.1) is 6.04 Å². The van der Waals surface area contributed by atoms with Gasteiger partial charge in [-0.1, -0.05) is 84.6 Å². The number of nitrogens with zero attached hydrogens (tertiary/aromatic N) is 4. The monoisotopic (exact) mass is 1230 g/mol. The summed E-state index contributed by atoms with van der Waals surface area (Å²) in [6.45, 7) is 0.448. The van der Waals surface area contributed by atoms with E-state index in [1.54, 1.807) is 23.1 Å². The number of hydrogen-bond acceptors (Lipinski definition) is 11. The molecule has 6 heterocycles. The second kappa shape index (κ2) is 26.1. The minimum Gasteiger partial charge on any atom is -0.370 e. The number of carbonyl (C=O) groups is 10. The van der Waals surface area contributed by atoms with Crippen molar-refractivity contribution < 1.29 is 71.1 Å². The summed E-state index contributed by atoms with van der Waals surface area (Å²) in [5.74, 6) is 0.576. The molecular formula is C62H65F2N10O13P. The number of nitrogens with one attached hydrogen (secondary N) is 5. The molecule has 26 heteroatoms. The second-order valence-corrected chi connectivity index (χ2v) is 24.4. The number of H-pyrrole nitrogens is 1. The summed E-state index contributed by atoms with van der Waals surface area (Å²) in [6.07, 6.45) is 0.994. The molecule has 4 fully saturated rings. The van der Waals surface area contributed by atoms with Gasteiger partial charge in [0, 0.05) is 98.0 Å². The Hall–Kier alpha value is -9.11. The van der Waals surface area contributed by atoms with Crippen LogP contribution in [0.25, 0.3) is 10.9 Å². The van der Waals surface area contributed by atoms with Crippen LogP contribution in [0.1, 0.15) is 125 Å². The molecule has 2 unspecified atom stereocenters. The van der Waals surface area contributed by atoms with E-state index in [1.807, 2.05) is 60.7 Å². The predicted octanol–water partition coefficient (Wildman–Crippen LogP) is 3.57. The first-order valence-electron chi connectivity index (χ1n) is 29.1. The number of amides is 10. The van der Waals surface area contributed by atoms with Crippen LogP contribution >= 0.6 is 7.60 Å². The lowest BCUT2D eigenvalue weighted by Gasteiger charge is -2.39. The quantitative estimate of drug-likeness (QED) is 0.0376. The first-order valence-corrected chi connectivity index (χ1v) is 30.7. The van der Waals surface area contributed by atoms with Gasteiger partial charge in [0.1, 0.15) is 29.9 Å². The van der Waals surface area contributed by atoms with Gasteiger partial charge in [0.25, 0.3) is 11.8 Å². The van der Waals surface area contributed by atoms with Crippen LogP contribution < -0.4 is 27.0 Å². The number of aromatic amines is 1. The Kier molecular flexibility index (Phi) is 18.4. The molecule has 9 N–H and O–H groups in total. The minimum absolute atomic E-state index is 0.0208. The molecule has 0 spiro atoms. The number of aromatic nitrogens is 1. The lowest BCUT2D eigenvalue weighted by atomic mass is 9.96. The zero-order chi connectivity index (χ0) is 62.6. The van der Waals surface area contributed by atoms with Crippen molar-refractivity contribution in [1.29, 1.82) is 0 Å². The maximum absolute atomic E-state index is 15.1. The highest BCUT2D eigenvalue weighted by atomic mass is 31.2. The van der Waals surface area contributed by atoms with Gasteiger partial charge in [0.15, 0.2) is 0 Å². The van der Waals surface area contributed by atoms with Crippen molar-refractivity contribution in [2.24, 2.45) is 11.7 Å². The second-order valence-electron chi connectivity index (χ2n) is 22.7. The van der Waals surface area contributed by atoms with Gasteiger partial charge in [0.2, 0.25) is 47.3 Å². The molecule has 0 saturated carbocycles. The molecule has 4 aromatic carbocycles. The number of carbonyl (C=O) groups excluding carboxylic acids is 10. The first-order chi connectivity index (χ1) is 42.0. The minimum atomic E-state index is -5.96. The number of primary amides is 1. The molecular weight excluding hydrogens is 1160 g/mol. The zero-order valence-corrected chi connectivity index (χ0v) is 48.5. The number of halogens is 2. The number of likely N-dealkylation sites (tertiary alicyclic amines) is 1. The molecule has 10 rings (SSSR count). The fourth-order valence-corrected chi connectivity index (χ4v) is 12.7. The molecule has 4 saturated heterocycles. The van der Waals surface area contributed by atoms with E-state index in [9.17, 15) is 66.3 Å². The van der Waals surface area contributed by atoms with Crippen LogP contribution in [0.15, 0.2) is 103 Å². The van der Waals surface area contributed by atoms with E-state index in [-0.39, 0.29) is 111 Å². The van der Waals surface area contributed by atoms with Gasteiger partial charge in [-0.15, -0.1) is 0 Å². The lowest BCUT2D eigenvalue weighted by Crippen LogP contribution is -2.62. The zero-order valence-electron chi connectivity index (χ0n) is 47.6. The maximum atomic E-state index is 15.1. The van der Waals surface area contributed by atoms with E-state index in [4.69, 9.17) is 5.73 Å². The van der Waals surface area contributed by atoms with Crippen LogP contribution in [0.2, 0.25) is 0 Å². The van der Waals surface area contributed by atoms with E-state index in [0.29, 0.717) is 42.6 Å². The van der Waals surface area contributed by atoms with Crippen LogP contribution in [0.5, 0.6) is 0 Å². The molecule has 0 bridgehead atoms. The molecule has 0 radical (unpaired) electrons. The molecule has 5 aliphatic heterocycles. The Morgan fingerprint density at radius 1 is 0.773 bits per heavy atom. The molecule has 1 aromatic heterocycles. The third kappa shape index (κ3) is 13.5. The van der Waals surface area contributed by atoms with Gasteiger partial charge < -0.3 is 56.1 Å². The lowest BCUT2D eigenvalue weighted by molar-refractivity contribution is -0.146. The Bertz CT molecular complexity index is 3670. The van der Waals surface area contributed by atoms with Crippen molar-refractivity contribution in [2.45, 2.75) is 119 Å². The van der Waals surface area contributed by atoms with Gasteiger partial charge >= 0.3 is 13.3 Å². The van der Waals surface area contributed by atoms with E-state index in [1.165, 1.54) is 14.7 Å². The van der Waals surface area contributed by atoms with Crippen molar-refractivity contribution in [3.63, 3.8) is 0 Å². The van der Waals surface area contributed by atoms with E-state index >= 15 is 4.79 Å². The van der Waals surface area contributed by atoms with Crippen molar-refractivity contribution >= 4 is 77.6 Å². The molecule has 0 aliphatic carbocycles. The summed E-state index contributed by atoms with van der Waals surface area (Å²) in [5.41, 5.74) is 3.07. The smallest absolute Gasteiger partial charge is 0.370 e. The highest BCUT2D eigenvalue weighted by Gasteiger charge is 2.51. The summed E-state index contributed by atoms with van der Waals surface area (Å²) in [7, 11) is -5.96. The Morgan fingerprint density at radius 3 is 2.10 bits per heavy atom. The number of alkyl halides is 2. The summed E-state index contributed by atoms with van der Waals surface area (Å²) >= 11 is 0. The third-order valence-corrected chi connectivity index (χ3v) is 18.0. The van der Waals surface area contributed by atoms with Gasteiger partial charge in [-0.25, -0.2) is 0 Å². The number of imide groups is 1. The van der Waals surface area contributed by atoms with E-state index in [2.05, 4.69) is 38.1 Å². The summed E-state index contributed by atoms with van der Waals surface area (Å²) in [6, 6.07) is 21.0. The van der Waals surface area contributed by atoms with Crippen LogP contribution in [-0.2, 0) is 55.1 Å². The van der Waals surface area contributed by atoms with Gasteiger partial charge in [-0.3, -0.25) is 57.8 Å². The average molecular weight is 1230 g/mol. The van der Waals surface area contributed by atoms with Crippen molar-refractivity contribution in [3.05, 3.63) is 142 Å². The SMILES string of the molecule is NC(=O)CCC(NC(=O)[C@@H]1CC[C@@H]2CCN(C(=O)CCC(=O)N3CCC(C#Cc4cccc5c4CN(C4CCC(=O)NC4=O)C5=O)CC3)C[C@H](NC(=O)c3cc4cc(C(F)(F)P(=O)(O)O)ccc4[nH]3)C(=O)N21)C(=O)NC(c1ccccc1)c1ccccc1. The van der Waals surface area contributed by atoms with Crippen molar-refractivity contribution in [1.82, 2.24) is 45.9 Å². The standard InChI is InChI=1S/C62H65F2N10O13P/c63-62(64,88(85,86)87)41-16-18-45-40(32-41)33-47(66-45)57(80)68-48-35-72(54(78)25-24-53(77)71-29-26-36(27-30-71)14-15-37-12-7-13-43-44(37)34-73(60(43)83)49-21-23-52(76)69-58(49)81)31-28-42-17-20-50(74(42)61(48)84)59(82)67-46(19-22-51(65)75)56(79)70-55(38-8-3-1-4-9-38)39-10-5-2-6-11-39/h1-13,16,18,32-33,36,42,46,48-50,55,66H,17,19-31,34-35H2,(H2,65,75)(H,67,82)(H,68,80)(H,70,79)(H,69,76,81)(H2,85,86,87)/t42-,46?,48+,49?,50+/m1/s1. The third-order valence-electron chi connectivity index (χ3n) is 17.0. The largest absolute Gasteiger partial charge is 0.399 e. The number of piperidine rings is 2. The van der Waals surface area contributed by atoms with Crippen molar-refractivity contribution in [3.8, 4) is 11.8 Å². The van der Waals surface area contributed by atoms with E-state index in [0.717, 1.165) is 35.4 Å². The Labute approximate surface area is 503 Å². The van der Waals surface area contributed by atoms with Gasteiger partial charge in [-0.05, 0) is 92.0 Å². The first kappa shape index (κ1) is 62.0. The number of rotatable bonds is 17. The normalized spacial score (nSPS) is 20.3. The fraction of sp³-hybridized carbons (Fsp3) is 0.387. The Balaban J connectivity index is 0.822. The highest BCUT2D eigenvalue weighted by Crippen LogP contribution is 2.59. The van der Waals surface area contributed by atoms with Crippen LogP contribution in [0.4, 0.5) is 8.78 Å². The molecule has 10 amide bonds. The topological polar surface area (TPSA) is 331 Å². The summed E-state index contributed by atoms with van der Waals surface area (Å²) < 4.78 is 41.3.